The van der Waals surface area contributed by atoms with Gasteiger partial charge in [-0.25, -0.2) is 4.79 Å². The van der Waals surface area contributed by atoms with Gasteiger partial charge in [0.1, 0.15) is 11.2 Å². The smallest absolute Gasteiger partial charge is 0.355 e. The largest absolute Gasteiger partial charge is 0.461 e. The molecule has 2 aromatic heterocycles. The summed E-state index contributed by atoms with van der Waals surface area (Å²) in [5.41, 5.74) is 4.80. The Hall–Kier alpha value is -1.83. The van der Waals surface area contributed by atoms with Gasteiger partial charge in [0.25, 0.3) is 0 Å². The maximum Gasteiger partial charge on any atom is 0.355 e. The molecule has 1 N–H and O–H groups in total. The summed E-state index contributed by atoms with van der Waals surface area (Å²) in [5.74, 6) is 0.208. The molecular weight excluding hydrogens is 417 g/mol. The molecular formula is C18H18IN3O2. The lowest BCUT2D eigenvalue weighted by atomic mass is 10.2. The number of nitrogens with one attached hydrogen (secondary N) is 1. The van der Waals surface area contributed by atoms with Gasteiger partial charge < -0.3 is 9.72 Å². The summed E-state index contributed by atoms with van der Waals surface area (Å²) in [6.45, 7) is 2.89. The zero-order valence-electron chi connectivity index (χ0n) is 13.4. The van der Waals surface area contributed by atoms with Crippen molar-refractivity contribution in [2.24, 2.45) is 0 Å². The number of fused-ring (bicyclic) bond motifs is 1. The second-order valence-corrected chi connectivity index (χ2v) is 7.14. The Morgan fingerprint density at radius 1 is 1.38 bits per heavy atom. The van der Waals surface area contributed by atoms with Crippen molar-refractivity contribution in [2.75, 3.05) is 6.61 Å². The summed E-state index contributed by atoms with van der Waals surface area (Å²) in [6.07, 6.45) is 2.34. The summed E-state index contributed by atoms with van der Waals surface area (Å²) < 4.78 is 8.08. The minimum Gasteiger partial charge on any atom is -0.461 e. The van der Waals surface area contributed by atoms with Crippen LogP contribution in [0.2, 0.25) is 0 Å². The van der Waals surface area contributed by atoms with Crippen molar-refractivity contribution in [2.45, 2.75) is 32.2 Å². The van der Waals surface area contributed by atoms with Gasteiger partial charge in [0.15, 0.2) is 0 Å². The maximum atomic E-state index is 12.2. The molecule has 6 heteroatoms. The van der Waals surface area contributed by atoms with Crippen molar-refractivity contribution in [3.8, 4) is 0 Å². The fraction of sp³-hybridized carbons (Fsp3) is 0.333. The van der Waals surface area contributed by atoms with Gasteiger partial charge in [-0.2, -0.15) is 5.10 Å². The third-order valence-corrected chi connectivity index (χ3v) is 5.33. The number of carbonyl (C=O) groups excluding carboxylic acids is 1. The van der Waals surface area contributed by atoms with E-state index in [0.717, 1.165) is 20.3 Å². The number of nitrogens with zero attached hydrogens (tertiary/aromatic N) is 2. The van der Waals surface area contributed by atoms with E-state index >= 15 is 0 Å². The first-order chi connectivity index (χ1) is 11.7. The summed E-state index contributed by atoms with van der Waals surface area (Å²) >= 11 is 2.22. The van der Waals surface area contributed by atoms with Crippen LogP contribution in [0.4, 0.5) is 0 Å². The zero-order chi connectivity index (χ0) is 16.7. The van der Waals surface area contributed by atoms with E-state index in [1.807, 2.05) is 29.8 Å². The number of benzene rings is 1. The van der Waals surface area contributed by atoms with Crippen LogP contribution in [0.1, 0.15) is 47.4 Å². The lowest BCUT2D eigenvalue weighted by molar-refractivity contribution is 0.0519. The minimum atomic E-state index is -0.300. The predicted octanol–water partition coefficient (Wildman–Crippen LogP) is 4.07. The van der Waals surface area contributed by atoms with Gasteiger partial charge in [0, 0.05) is 5.92 Å². The molecule has 0 unspecified atom stereocenters. The van der Waals surface area contributed by atoms with Gasteiger partial charge in [0.2, 0.25) is 0 Å². The number of halogens is 1. The Kier molecular flexibility index (Phi) is 4.07. The number of rotatable bonds is 5. The lowest BCUT2D eigenvalue weighted by Crippen LogP contribution is -2.08. The average molecular weight is 435 g/mol. The van der Waals surface area contributed by atoms with Crippen LogP contribution in [0.25, 0.3) is 11.0 Å². The van der Waals surface area contributed by atoms with Gasteiger partial charge in [0.05, 0.1) is 27.9 Å². The first kappa shape index (κ1) is 15.7. The Morgan fingerprint density at radius 2 is 2.12 bits per heavy atom. The Morgan fingerprint density at radius 3 is 2.79 bits per heavy atom. The van der Waals surface area contributed by atoms with Crippen molar-refractivity contribution < 1.29 is 9.53 Å². The molecule has 1 aliphatic rings. The van der Waals surface area contributed by atoms with Crippen LogP contribution in [0.5, 0.6) is 0 Å². The second-order valence-electron chi connectivity index (χ2n) is 6.06. The SMILES string of the molecule is CCOC(=O)c1[nH]c2c(C3CC3)nn(Cc3ccccc3)c2c1I. The third kappa shape index (κ3) is 2.72. The highest BCUT2D eigenvalue weighted by molar-refractivity contribution is 14.1. The Balaban J connectivity index is 1.82. The number of hydrogen-bond acceptors (Lipinski definition) is 3. The molecule has 5 nitrogen and oxygen atoms in total. The van der Waals surface area contributed by atoms with E-state index in [0.29, 0.717) is 24.8 Å². The second kappa shape index (κ2) is 6.23. The van der Waals surface area contributed by atoms with E-state index in [-0.39, 0.29) is 5.97 Å². The van der Waals surface area contributed by atoms with E-state index in [2.05, 4.69) is 39.7 Å². The van der Waals surface area contributed by atoms with Gasteiger partial charge in [-0.15, -0.1) is 0 Å². The Bertz CT molecular complexity index is 894. The van der Waals surface area contributed by atoms with Crippen LogP contribution >= 0.6 is 22.6 Å². The van der Waals surface area contributed by atoms with E-state index < -0.39 is 0 Å². The molecule has 0 amide bonds. The normalized spacial score (nSPS) is 14.2. The van der Waals surface area contributed by atoms with E-state index in [4.69, 9.17) is 9.84 Å². The third-order valence-electron chi connectivity index (χ3n) is 4.28. The van der Waals surface area contributed by atoms with Crippen molar-refractivity contribution in [1.82, 2.24) is 14.8 Å². The van der Waals surface area contributed by atoms with Crippen molar-refractivity contribution in [3.63, 3.8) is 0 Å². The molecule has 0 saturated heterocycles. The molecule has 0 spiro atoms. The van der Waals surface area contributed by atoms with Crippen LogP contribution in [-0.4, -0.2) is 27.3 Å². The quantitative estimate of drug-likeness (QED) is 0.486. The highest BCUT2D eigenvalue weighted by Gasteiger charge is 2.32. The maximum absolute atomic E-state index is 12.2. The molecule has 3 aromatic rings. The Labute approximate surface area is 153 Å². The fourth-order valence-corrected chi connectivity index (χ4v) is 3.89. The van der Waals surface area contributed by atoms with Crippen LogP contribution in [0.15, 0.2) is 30.3 Å². The first-order valence-corrected chi connectivity index (χ1v) is 9.25. The van der Waals surface area contributed by atoms with Gasteiger partial charge in [-0.3, -0.25) is 4.68 Å². The van der Waals surface area contributed by atoms with Gasteiger partial charge in [-0.1, -0.05) is 30.3 Å². The molecule has 0 radical (unpaired) electrons. The molecule has 1 saturated carbocycles. The number of hydrogen-bond donors (Lipinski definition) is 1. The monoisotopic (exact) mass is 435 g/mol. The highest BCUT2D eigenvalue weighted by Crippen LogP contribution is 2.43. The summed E-state index contributed by atoms with van der Waals surface area (Å²) in [7, 11) is 0. The molecule has 124 valence electrons. The number of ether oxygens (including phenoxy) is 1. The van der Waals surface area contributed by atoms with Gasteiger partial charge >= 0.3 is 5.97 Å². The molecule has 4 rings (SSSR count). The number of aromatic amines is 1. The average Bonchev–Trinajstić information content (AvgIpc) is 3.28. The summed E-state index contributed by atoms with van der Waals surface area (Å²) in [4.78, 5) is 15.5. The van der Waals surface area contributed by atoms with Crippen LogP contribution in [0, 0.1) is 3.57 Å². The minimum absolute atomic E-state index is 0.300. The van der Waals surface area contributed by atoms with E-state index in [1.54, 1.807) is 0 Å². The van der Waals surface area contributed by atoms with E-state index in [9.17, 15) is 4.79 Å². The molecule has 1 fully saturated rings. The number of carbonyl (C=O) groups is 1. The van der Waals surface area contributed by atoms with Crippen molar-refractivity contribution in [1.29, 1.82) is 0 Å². The number of H-pyrrole nitrogens is 1. The number of esters is 1. The molecule has 0 bridgehead atoms. The van der Waals surface area contributed by atoms with Crippen molar-refractivity contribution in [3.05, 3.63) is 50.9 Å². The van der Waals surface area contributed by atoms with Crippen LogP contribution in [-0.2, 0) is 11.3 Å². The first-order valence-electron chi connectivity index (χ1n) is 8.18. The standard InChI is InChI=1S/C18H18IN3O2/c1-2-24-18(23)15-13(19)17-16(20-15)14(12-8-9-12)21-22(17)10-11-6-4-3-5-7-11/h3-7,12,20H,2,8-10H2,1H3. The van der Waals surface area contributed by atoms with E-state index in [1.165, 1.54) is 18.4 Å². The molecule has 2 heterocycles. The van der Waals surface area contributed by atoms with Crippen LogP contribution < -0.4 is 0 Å². The summed E-state index contributed by atoms with van der Waals surface area (Å²) in [6, 6.07) is 10.3. The molecule has 0 atom stereocenters. The molecule has 24 heavy (non-hydrogen) atoms. The van der Waals surface area contributed by atoms with Gasteiger partial charge in [-0.05, 0) is 47.9 Å². The lowest BCUT2D eigenvalue weighted by Gasteiger charge is -2.04. The molecule has 1 aliphatic carbocycles. The zero-order valence-corrected chi connectivity index (χ0v) is 15.5. The van der Waals surface area contributed by atoms with Crippen LogP contribution in [0.3, 0.4) is 0 Å². The predicted molar refractivity (Wildman–Crippen MR) is 100 cm³/mol. The number of aromatic nitrogens is 3. The molecule has 1 aromatic carbocycles. The fourth-order valence-electron chi connectivity index (χ4n) is 2.98. The highest BCUT2D eigenvalue weighted by atomic mass is 127. The topological polar surface area (TPSA) is 59.9 Å². The summed E-state index contributed by atoms with van der Waals surface area (Å²) in [5, 5.41) is 4.84. The molecule has 0 aliphatic heterocycles. The van der Waals surface area contributed by atoms with Crippen molar-refractivity contribution >= 4 is 39.6 Å².